The van der Waals surface area contributed by atoms with Crippen molar-refractivity contribution in [3.63, 3.8) is 0 Å². The van der Waals surface area contributed by atoms with Crippen molar-refractivity contribution in [3.8, 4) is 0 Å². The van der Waals surface area contributed by atoms with Crippen LogP contribution in [-0.2, 0) is 4.74 Å². The monoisotopic (exact) mass is 387 g/mol. The van der Waals surface area contributed by atoms with Crippen LogP contribution >= 0.6 is 46.1 Å². The fourth-order valence-corrected chi connectivity index (χ4v) is 3.32. The van der Waals surface area contributed by atoms with E-state index in [9.17, 15) is 4.79 Å². The lowest BCUT2D eigenvalue weighted by atomic mass is 10.4. The number of morpholine rings is 1. The van der Waals surface area contributed by atoms with E-state index in [1.807, 2.05) is 16.8 Å². The summed E-state index contributed by atoms with van der Waals surface area (Å²) in [6, 6.07) is 3.56. The van der Waals surface area contributed by atoms with Gasteiger partial charge in [0.25, 0.3) is 9.70 Å². The largest absolute Gasteiger partial charge is 0.370 e. The number of quaternary nitrogens is 2. The molecular weight excluding hydrogens is 369 g/mol. The van der Waals surface area contributed by atoms with E-state index in [0.717, 1.165) is 39.4 Å². The summed E-state index contributed by atoms with van der Waals surface area (Å²) in [7, 11) is 0. The number of carbonyl (C=O) groups excluding carboxylic acids is 1. The number of hydrogen-bond acceptors (Lipinski definition) is 3. The quantitative estimate of drug-likeness (QED) is 0.461. The topological polar surface area (TPSA) is 59.4 Å². The van der Waals surface area contributed by atoms with Gasteiger partial charge in [0.1, 0.15) is 26.2 Å². The molecule has 5 nitrogen and oxygen atoms in total. The maximum atomic E-state index is 12.1. The van der Waals surface area contributed by atoms with E-state index in [1.165, 1.54) is 16.2 Å². The predicted octanol–water partition coefficient (Wildman–Crippen LogP) is -0.347. The molecule has 1 atom stereocenters. The lowest BCUT2D eigenvalue weighted by molar-refractivity contribution is -0.921. The van der Waals surface area contributed by atoms with Gasteiger partial charge in [0.2, 0.25) is 6.17 Å². The van der Waals surface area contributed by atoms with Crippen LogP contribution in [0.4, 0.5) is 0 Å². The Morgan fingerprint density at radius 1 is 1.45 bits per heavy atom. The Kier molecular flexibility index (Phi) is 7.21. The van der Waals surface area contributed by atoms with Gasteiger partial charge in [-0.1, -0.05) is 40.9 Å². The smallest absolute Gasteiger partial charge is 0.265 e. The number of carbonyl (C=O) groups is 1. The standard InChI is InChI=1S/C13H18Cl3N3O2S/c14-13(15,16)12(18-11(20)10-2-1-9-22-10)17-3-4-19-5-7-21-8-6-19/h1-2,9,12,17H,3-8H2,(H,18,20)/p+2/t12-/m1/s1. The lowest BCUT2D eigenvalue weighted by Crippen LogP contribution is -3.17. The van der Waals surface area contributed by atoms with Crippen LogP contribution in [0.15, 0.2) is 17.5 Å². The molecule has 2 rings (SSSR count). The molecule has 124 valence electrons. The van der Waals surface area contributed by atoms with Crippen LogP contribution in [0.3, 0.4) is 0 Å². The van der Waals surface area contributed by atoms with E-state index in [1.54, 1.807) is 6.07 Å². The molecule has 9 heteroatoms. The third-order valence-corrected chi connectivity index (χ3v) is 5.06. The minimum atomic E-state index is -1.56. The van der Waals surface area contributed by atoms with Gasteiger partial charge in [-0.2, -0.15) is 0 Å². The lowest BCUT2D eigenvalue weighted by Gasteiger charge is -2.26. The number of rotatable bonds is 6. The van der Waals surface area contributed by atoms with Crippen LogP contribution < -0.4 is 15.5 Å². The van der Waals surface area contributed by atoms with Crippen molar-refractivity contribution in [1.29, 1.82) is 0 Å². The van der Waals surface area contributed by atoms with E-state index >= 15 is 0 Å². The highest BCUT2D eigenvalue weighted by Gasteiger charge is 2.37. The molecule has 0 unspecified atom stereocenters. The van der Waals surface area contributed by atoms with Crippen LogP contribution in [0.1, 0.15) is 9.67 Å². The average Bonchev–Trinajstić information content (AvgIpc) is 3.00. The summed E-state index contributed by atoms with van der Waals surface area (Å²) >= 11 is 19.3. The zero-order chi connectivity index (χ0) is 16.0. The third kappa shape index (κ3) is 5.85. The van der Waals surface area contributed by atoms with Crippen LogP contribution in [0.25, 0.3) is 0 Å². The number of halogens is 3. The number of hydrogen-bond donors (Lipinski definition) is 3. The number of nitrogens with two attached hydrogens (primary N) is 1. The van der Waals surface area contributed by atoms with Gasteiger partial charge in [0.15, 0.2) is 0 Å². The predicted molar refractivity (Wildman–Crippen MR) is 89.0 cm³/mol. The molecule has 0 bridgehead atoms. The van der Waals surface area contributed by atoms with E-state index in [0.29, 0.717) is 4.88 Å². The maximum Gasteiger partial charge on any atom is 0.265 e. The Balaban J connectivity index is 1.82. The molecule has 2 heterocycles. The maximum absolute atomic E-state index is 12.1. The van der Waals surface area contributed by atoms with Gasteiger partial charge < -0.3 is 15.0 Å². The molecule has 1 aromatic heterocycles. The fourth-order valence-electron chi connectivity index (χ4n) is 2.26. The summed E-state index contributed by atoms with van der Waals surface area (Å²) < 4.78 is 3.76. The molecule has 22 heavy (non-hydrogen) atoms. The summed E-state index contributed by atoms with van der Waals surface area (Å²) in [4.78, 5) is 14.2. The minimum absolute atomic E-state index is 0.221. The molecule has 1 aliphatic heterocycles. The molecular formula is C13H20Cl3N3O2S+2. The third-order valence-electron chi connectivity index (χ3n) is 3.48. The van der Waals surface area contributed by atoms with Crippen LogP contribution in [-0.4, -0.2) is 55.3 Å². The number of thiophene rings is 1. The molecule has 0 aromatic carbocycles. The second-order valence-corrected chi connectivity index (χ2v) is 8.42. The van der Waals surface area contributed by atoms with Gasteiger partial charge in [-0.25, -0.2) is 0 Å². The molecule has 0 radical (unpaired) electrons. The van der Waals surface area contributed by atoms with Crippen molar-refractivity contribution in [2.75, 3.05) is 39.4 Å². The Hall–Kier alpha value is -0.0800. The van der Waals surface area contributed by atoms with Crippen molar-refractivity contribution in [2.45, 2.75) is 9.96 Å². The summed E-state index contributed by atoms with van der Waals surface area (Å²) in [6.45, 7) is 5.27. The second kappa shape index (κ2) is 8.68. The SMILES string of the molecule is O=C(N[C@@H]([NH2+]CC[NH+]1CCOCC1)C(Cl)(Cl)Cl)c1cccs1. The first-order valence-corrected chi connectivity index (χ1v) is 9.14. The Bertz CT molecular complexity index is 462. The summed E-state index contributed by atoms with van der Waals surface area (Å²) in [5.41, 5.74) is 0. The van der Waals surface area contributed by atoms with E-state index < -0.39 is 9.96 Å². The van der Waals surface area contributed by atoms with Crippen molar-refractivity contribution < 1.29 is 19.7 Å². The minimum Gasteiger partial charge on any atom is -0.370 e. The molecule has 0 saturated carbocycles. The summed E-state index contributed by atoms with van der Waals surface area (Å²) in [5, 5.41) is 6.50. The van der Waals surface area contributed by atoms with Gasteiger partial charge in [-0.05, 0) is 11.4 Å². The van der Waals surface area contributed by atoms with E-state index in [2.05, 4.69) is 5.32 Å². The Morgan fingerprint density at radius 2 is 2.18 bits per heavy atom. The highest BCUT2D eigenvalue weighted by Crippen LogP contribution is 2.27. The molecule has 1 fully saturated rings. The van der Waals surface area contributed by atoms with Crippen LogP contribution in [0, 0.1) is 0 Å². The Labute approximate surface area is 148 Å². The van der Waals surface area contributed by atoms with Gasteiger partial charge in [-0.15, -0.1) is 11.3 Å². The zero-order valence-electron chi connectivity index (χ0n) is 12.0. The molecule has 4 N–H and O–H groups in total. The highest BCUT2D eigenvalue weighted by molar-refractivity contribution is 7.12. The van der Waals surface area contributed by atoms with Gasteiger partial charge >= 0.3 is 0 Å². The molecule has 0 aliphatic carbocycles. The highest BCUT2D eigenvalue weighted by atomic mass is 35.6. The molecule has 0 spiro atoms. The number of alkyl halides is 3. The number of ether oxygens (including phenoxy) is 1. The number of amides is 1. The van der Waals surface area contributed by atoms with Crippen molar-refractivity contribution in [1.82, 2.24) is 5.32 Å². The normalized spacial score (nSPS) is 18.1. The Morgan fingerprint density at radius 3 is 2.77 bits per heavy atom. The van der Waals surface area contributed by atoms with E-state index in [4.69, 9.17) is 39.5 Å². The average molecular weight is 389 g/mol. The molecule has 1 saturated heterocycles. The van der Waals surface area contributed by atoms with Crippen LogP contribution in [0.2, 0.25) is 0 Å². The van der Waals surface area contributed by atoms with Gasteiger partial charge in [0.05, 0.1) is 18.1 Å². The zero-order valence-corrected chi connectivity index (χ0v) is 15.1. The van der Waals surface area contributed by atoms with Crippen molar-refractivity contribution >= 4 is 52.0 Å². The molecule has 1 aliphatic rings. The van der Waals surface area contributed by atoms with E-state index in [-0.39, 0.29) is 5.91 Å². The first-order chi connectivity index (χ1) is 10.5. The fraction of sp³-hybridized carbons (Fsp3) is 0.615. The van der Waals surface area contributed by atoms with Gasteiger partial charge in [0, 0.05) is 0 Å². The second-order valence-electron chi connectivity index (χ2n) is 5.11. The van der Waals surface area contributed by atoms with Crippen LogP contribution in [0.5, 0.6) is 0 Å². The van der Waals surface area contributed by atoms with Crippen molar-refractivity contribution in [3.05, 3.63) is 22.4 Å². The first kappa shape index (κ1) is 18.3. The van der Waals surface area contributed by atoms with Crippen molar-refractivity contribution in [2.24, 2.45) is 0 Å². The molecule has 1 aromatic rings. The summed E-state index contributed by atoms with van der Waals surface area (Å²) in [6.07, 6.45) is -0.618. The summed E-state index contributed by atoms with van der Waals surface area (Å²) in [5.74, 6) is -0.221. The molecule has 1 amide bonds. The first-order valence-electron chi connectivity index (χ1n) is 7.12. The number of nitrogens with one attached hydrogen (secondary N) is 2. The van der Waals surface area contributed by atoms with Gasteiger partial charge in [-0.3, -0.25) is 10.1 Å².